The van der Waals surface area contributed by atoms with Gasteiger partial charge in [-0.1, -0.05) is 12.1 Å². The predicted molar refractivity (Wildman–Crippen MR) is 87.0 cm³/mol. The molecule has 0 bridgehead atoms. The van der Waals surface area contributed by atoms with E-state index >= 15 is 0 Å². The molecule has 6 heteroatoms. The summed E-state index contributed by atoms with van der Waals surface area (Å²) in [6.45, 7) is 1.44. The van der Waals surface area contributed by atoms with Crippen molar-refractivity contribution in [3.8, 4) is 0 Å². The zero-order valence-corrected chi connectivity index (χ0v) is 12.1. The van der Waals surface area contributed by atoms with Gasteiger partial charge in [-0.3, -0.25) is 4.79 Å². The van der Waals surface area contributed by atoms with E-state index in [1.165, 1.54) is 19.1 Å². The van der Waals surface area contributed by atoms with Crippen molar-refractivity contribution < 1.29 is 9.18 Å². The normalized spacial score (nSPS) is 9.81. The molecule has 3 N–H and O–H groups in total. The standard InChI is InChI=1S/C15H14FN3OS/c1-10(20)17-13-6-3-7-14(9-13)19-15(21)18-12-5-2-4-11(16)8-12/h2-9H,1H3,(H,17,20)(H2,18,19,21). The second-order valence-corrected chi connectivity index (χ2v) is 4.76. The van der Waals surface area contributed by atoms with Crippen LogP contribution >= 0.6 is 12.2 Å². The minimum absolute atomic E-state index is 0.146. The van der Waals surface area contributed by atoms with Crippen molar-refractivity contribution in [3.05, 3.63) is 54.3 Å². The molecule has 0 heterocycles. The molecule has 4 nitrogen and oxygen atoms in total. The average molecular weight is 303 g/mol. The van der Waals surface area contributed by atoms with E-state index in [9.17, 15) is 9.18 Å². The number of carbonyl (C=O) groups excluding carboxylic acids is 1. The smallest absolute Gasteiger partial charge is 0.221 e. The molecule has 0 aromatic heterocycles. The largest absolute Gasteiger partial charge is 0.332 e. The number of thiocarbonyl (C=S) groups is 1. The van der Waals surface area contributed by atoms with Crippen LogP contribution in [0.25, 0.3) is 0 Å². The zero-order valence-electron chi connectivity index (χ0n) is 11.3. The van der Waals surface area contributed by atoms with Crippen LogP contribution in [0.15, 0.2) is 48.5 Å². The van der Waals surface area contributed by atoms with Crippen LogP contribution in [0.2, 0.25) is 0 Å². The van der Waals surface area contributed by atoms with Crippen LogP contribution < -0.4 is 16.0 Å². The number of halogens is 1. The number of amides is 1. The van der Waals surface area contributed by atoms with Gasteiger partial charge in [-0.05, 0) is 48.6 Å². The van der Waals surface area contributed by atoms with Gasteiger partial charge in [-0.15, -0.1) is 0 Å². The van der Waals surface area contributed by atoms with Gasteiger partial charge in [0.25, 0.3) is 0 Å². The Hall–Kier alpha value is -2.47. The van der Waals surface area contributed by atoms with Crippen LogP contribution in [0.4, 0.5) is 21.5 Å². The molecular weight excluding hydrogens is 289 g/mol. The van der Waals surface area contributed by atoms with E-state index in [0.29, 0.717) is 16.5 Å². The summed E-state index contributed by atoms with van der Waals surface area (Å²) in [6, 6.07) is 13.1. The van der Waals surface area contributed by atoms with Gasteiger partial charge < -0.3 is 16.0 Å². The molecule has 2 aromatic rings. The van der Waals surface area contributed by atoms with Crippen LogP contribution in [0.3, 0.4) is 0 Å². The van der Waals surface area contributed by atoms with Crippen molar-refractivity contribution in [2.24, 2.45) is 0 Å². The zero-order chi connectivity index (χ0) is 15.2. The topological polar surface area (TPSA) is 53.2 Å². The van der Waals surface area contributed by atoms with Crippen molar-refractivity contribution in [1.82, 2.24) is 0 Å². The van der Waals surface area contributed by atoms with Crippen molar-refractivity contribution in [3.63, 3.8) is 0 Å². The summed E-state index contributed by atoms with van der Waals surface area (Å²) in [5.74, 6) is -0.483. The number of nitrogens with one attached hydrogen (secondary N) is 3. The maximum absolute atomic E-state index is 13.1. The second kappa shape index (κ2) is 6.81. The van der Waals surface area contributed by atoms with Gasteiger partial charge in [-0.2, -0.15) is 0 Å². The monoisotopic (exact) mass is 303 g/mol. The van der Waals surface area contributed by atoms with E-state index in [-0.39, 0.29) is 11.7 Å². The highest BCUT2D eigenvalue weighted by atomic mass is 32.1. The molecule has 0 aliphatic heterocycles. The SMILES string of the molecule is CC(=O)Nc1cccc(NC(=S)Nc2cccc(F)c2)c1. The lowest BCUT2D eigenvalue weighted by Crippen LogP contribution is -2.19. The van der Waals surface area contributed by atoms with E-state index in [1.807, 2.05) is 6.07 Å². The Morgan fingerprint density at radius 2 is 1.48 bits per heavy atom. The van der Waals surface area contributed by atoms with E-state index in [0.717, 1.165) is 5.69 Å². The number of benzene rings is 2. The third-order valence-corrected chi connectivity index (χ3v) is 2.73. The fraction of sp³-hybridized carbons (Fsp3) is 0.0667. The highest BCUT2D eigenvalue weighted by Gasteiger charge is 2.02. The number of hydrogen-bond donors (Lipinski definition) is 3. The van der Waals surface area contributed by atoms with Gasteiger partial charge in [-0.25, -0.2) is 4.39 Å². The first kappa shape index (κ1) is 14.9. The van der Waals surface area contributed by atoms with Crippen LogP contribution in [0, 0.1) is 5.82 Å². The van der Waals surface area contributed by atoms with Crippen molar-refractivity contribution in [2.75, 3.05) is 16.0 Å². The molecule has 0 saturated heterocycles. The molecule has 108 valence electrons. The molecular formula is C15H14FN3OS. The first-order chi connectivity index (χ1) is 10.0. The summed E-state index contributed by atoms with van der Waals surface area (Å²) < 4.78 is 13.1. The maximum Gasteiger partial charge on any atom is 0.221 e. The Morgan fingerprint density at radius 3 is 2.05 bits per heavy atom. The maximum atomic E-state index is 13.1. The molecule has 0 aliphatic rings. The molecule has 0 radical (unpaired) electrons. The molecule has 0 aliphatic carbocycles. The lowest BCUT2D eigenvalue weighted by molar-refractivity contribution is -0.114. The first-order valence-corrected chi connectivity index (χ1v) is 6.65. The molecule has 0 atom stereocenters. The summed E-state index contributed by atoms with van der Waals surface area (Å²) in [5, 5.41) is 8.87. The number of rotatable bonds is 3. The summed E-state index contributed by atoms with van der Waals surface area (Å²) >= 11 is 5.16. The highest BCUT2D eigenvalue weighted by Crippen LogP contribution is 2.16. The second-order valence-electron chi connectivity index (χ2n) is 4.35. The van der Waals surface area contributed by atoms with Gasteiger partial charge in [0.05, 0.1) is 0 Å². The number of carbonyl (C=O) groups is 1. The fourth-order valence-electron chi connectivity index (χ4n) is 1.74. The van der Waals surface area contributed by atoms with E-state index in [2.05, 4.69) is 16.0 Å². The van der Waals surface area contributed by atoms with Crippen LogP contribution in [-0.2, 0) is 4.79 Å². The minimum Gasteiger partial charge on any atom is -0.332 e. The van der Waals surface area contributed by atoms with Gasteiger partial charge >= 0.3 is 0 Å². The Labute approximate surface area is 127 Å². The Balaban J connectivity index is 2.01. The third-order valence-electron chi connectivity index (χ3n) is 2.52. The van der Waals surface area contributed by atoms with E-state index in [1.54, 1.807) is 30.3 Å². The molecule has 1 amide bonds. The lowest BCUT2D eigenvalue weighted by Gasteiger charge is -2.11. The fourth-order valence-corrected chi connectivity index (χ4v) is 1.97. The minimum atomic E-state index is -0.338. The van der Waals surface area contributed by atoms with E-state index in [4.69, 9.17) is 12.2 Å². The first-order valence-electron chi connectivity index (χ1n) is 6.24. The van der Waals surface area contributed by atoms with Crippen LogP contribution in [0.1, 0.15) is 6.92 Å². The summed E-state index contributed by atoms with van der Waals surface area (Å²) in [7, 11) is 0. The predicted octanol–water partition coefficient (Wildman–Crippen LogP) is 3.59. The van der Waals surface area contributed by atoms with Crippen molar-refractivity contribution in [1.29, 1.82) is 0 Å². The molecule has 2 rings (SSSR count). The van der Waals surface area contributed by atoms with Gasteiger partial charge in [0.15, 0.2) is 5.11 Å². The molecule has 21 heavy (non-hydrogen) atoms. The number of hydrogen-bond acceptors (Lipinski definition) is 2. The summed E-state index contributed by atoms with van der Waals surface area (Å²) in [4.78, 5) is 11.0. The van der Waals surface area contributed by atoms with Crippen LogP contribution in [-0.4, -0.2) is 11.0 Å². The van der Waals surface area contributed by atoms with Crippen molar-refractivity contribution in [2.45, 2.75) is 6.92 Å². The molecule has 0 unspecified atom stereocenters. The summed E-state index contributed by atoms with van der Waals surface area (Å²) in [5.41, 5.74) is 1.95. The lowest BCUT2D eigenvalue weighted by atomic mass is 10.2. The van der Waals surface area contributed by atoms with Gasteiger partial charge in [0, 0.05) is 24.0 Å². The molecule has 0 spiro atoms. The Bertz CT molecular complexity index is 675. The highest BCUT2D eigenvalue weighted by molar-refractivity contribution is 7.80. The molecule has 0 fully saturated rings. The molecule has 0 saturated carbocycles. The molecule has 2 aromatic carbocycles. The van der Waals surface area contributed by atoms with Crippen molar-refractivity contribution >= 4 is 40.3 Å². The Kier molecular flexibility index (Phi) is 4.84. The van der Waals surface area contributed by atoms with Gasteiger partial charge in [0.2, 0.25) is 5.91 Å². The quantitative estimate of drug-likeness (QED) is 0.759. The van der Waals surface area contributed by atoms with Gasteiger partial charge in [0.1, 0.15) is 5.82 Å². The third kappa shape index (κ3) is 4.85. The number of anilines is 3. The summed E-state index contributed by atoms with van der Waals surface area (Å²) in [6.07, 6.45) is 0. The Morgan fingerprint density at radius 1 is 0.952 bits per heavy atom. The van der Waals surface area contributed by atoms with E-state index < -0.39 is 0 Å². The van der Waals surface area contributed by atoms with Crippen LogP contribution in [0.5, 0.6) is 0 Å². The average Bonchev–Trinajstić information content (AvgIpc) is 2.37.